The summed E-state index contributed by atoms with van der Waals surface area (Å²) >= 11 is 6.37. The molecule has 0 amide bonds. The number of halogens is 1. The lowest BCUT2D eigenvalue weighted by Gasteiger charge is -2.16. The van der Waals surface area contributed by atoms with Gasteiger partial charge in [0.1, 0.15) is 18.8 Å². The zero-order chi connectivity index (χ0) is 22.4. The summed E-state index contributed by atoms with van der Waals surface area (Å²) in [6, 6.07) is 13.2. The van der Waals surface area contributed by atoms with E-state index >= 15 is 0 Å². The van der Waals surface area contributed by atoms with E-state index < -0.39 is 7.14 Å². The van der Waals surface area contributed by atoms with Crippen LogP contribution < -0.4 is 21.3 Å². The van der Waals surface area contributed by atoms with Crippen molar-refractivity contribution in [2.24, 2.45) is 0 Å². The van der Waals surface area contributed by atoms with Gasteiger partial charge in [0.15, 0.2) is 0 Å². The van der Waals surface area contributed by atoms with Crippen LogP contribution in [-0.4, -0.2) is 55.4 Å². The van der Waals surface area contributed by atoms with Gasteiger partial charge in [0.2, 0.25) is 0 Å². The first-order chi connectivity index (χ1) is 14.7. The number of anilines is 5. The average Bonchev–Trinajstić information content (AvgIpc) is 2.70. The summed E-state index contributed by atoms with van der Waals surface area (Å²) < 4.78 is 12.6. The quantitative estimate of drug-likeness (QED) is 0.396. The Morgan fingerprint density at radius 2 is 1.74 bits per heavy atom. The lowest BCUT2D eigenvalue weighted by atomic mass is 10.3. The van der Waals surface area contributed by atoms with Crippen LogP contribution in [0.3, 0.4) is 0 Å². The standard InChI is InChI=1S/C22H28ClN6OP/c1-29(2)12-11-24-16-9-10-25-21(13-16)28-22-14-19(17(23)15-26-22)27-18-7-5-6-8-20(18)31(3,4)30/h5-10,13-15H,11-12H2,1-4H3,(H3,24,25,26,27,28). The van der Waals surface area contributed by atoms with E-state index in [1.54, 1.807) is 25.7 Å². The van der Waals surface area contributed by atoms with E-state index in [0.29, 0.717) is 22.3 Å². The molecule has 2 aromatic heterocycles. The summed E-state index contributed by atoms with van der Waals surface area (Å²) in [5.41, 5.74) is 2.41. The number of pyridine rings is 2. The molecule has 31 heavy (non-hydrogen) atoms. The Morgan fingerprint density at radius 3 is 2.48 bits per heavy atom. The molecule has 9 heteroatoms. The molecule has 164 valence electrons. The molecule has 0 aliphatic heterocycles. The van der Waals surface area contributed by atoms with Crippen LogP contribution in [0.4, 0.5) is 28.7 Å². The molecule has 0 fully saturated rings. The van der Waals surface area contributed by atoms with Gasteiger partial charge < -0.3 is 25.4 Å². The van der Waals surface area contributed by atoms with Crippen molar-refractivity contribution < 1.29 is 4.57 Å². The van der Waals surface area contributed by atoms with Gasteiger partial charge in [0.25, 0.3) is 0 Å². The van der Waals surface area contributed by atoms with Crippen molar-refractivity contribution in [2.75, 3.05) is 56.5 Å². The van der Waals surface area contributed by atoms with Crippen LogP contribution in [0.1, 0.15) is 0 Å². The Labute approximate surface area is 188 Å². The molecule has 1 aromatic carbocycles. The van der Waals surface area contributed by atoms with Crippen LogP contribution in [0, 0.1) is 0 Å². The molecule has 0 atom stereocenters. The summed E-state index contributed by atoms with van der Waals surface area (Å²) in [6.07, 6.45) is 3.32. The number of para-hydroxylation sites is 1. The van der Waals surface area contributed by atoms with Gasteiger partial charge in [0.05, 0.1) is 16.9 Å². The highest BCUT2D eigenvalue weighted by Crippen LogP contribution is 2.39. The van der Waals surface area contributed by atoms with Gasteiger partial charge in [-0.2, -0.15) is 0 Å². The fraction of sp³-hybridized carbons (Fsp3) is 0.273. The molecule has 0 radical (unpaired) electrons. The van der Waals surface area contributed by atoms with Gasteiger partial charge in [-0.1, -0.05) is 23.7 Å². The van der Waals surface area contributed by atoms with Gasteiger partial charge in [-0.3, -0.25) is 0 Å². The Kier molecular flexibility index (Phi) is 7.55. The van der Waals surface area contributed by atoms with Crippen molar-refractivity contribution in [3.05, 3.63) is 59.9 Å². The summed E-state index contributed by atoms with van der Waals surface area (Å²) in [6.45, 7) is 5.27. The highest BCUT2D eigenvalue weighted by molar-refractivity contribution is 7.70. The maximum Gasteiger partial charge on any atom is 0.133 e. The van der Waals surface area contributed by atoms with Gasteiger partial charge >= 0.3 is 0 Å². The number of rotatable bonds is 9. The third-order valence-electron chi connectivity index (χ3n) is 4.51. The molecule has 3 aromatic rings. The molecule has 0 saturated carbocycles. The lowest BCUT2D eigenvalue weighted by Crippen LogP contribution is -2.20. The summed E-state index contributed by atoms with van der Waals surface area (Å²) in [5, 5.41) is 11.1. The van der Waals surface area contributed by atoms with E-state index in [9.17, 15) is 4.57 Å². The summed E-state index contributed by atoms with van der Waals surface area (Å²) in [7, 11) is 1.63. The molecule has 0 unspecified atom stereocenters. The highest BCUT2D eigenvalue weighted by Gasteiger charge is 2.16. The van der Waals surface area contributed by atoms with Gasteiger partial charge in [-0.15, -0.1) is 0 Å². The maximum absolute atomic E-state index is 12.6. The maximum atomic E-state index is 12.6. The zero-order valence-electron chi connectivity index (χ0n) is 18.2. The predicted molar refractivity (Wildman–Crippen MR) is 133 cm³/mol. The monoisotopic (exact) mass is 458 g/mol. The molecular weight excluding hydrogens is 431 g/mol. The summed E-state index contributed by atoms with van der Waals surface area (Å²) in [5.74, 6) is 1.26. The molecule has 3 rings (SSSR count). The number of nitrogens with zero attached hydrogens (tertiary/aromatic N) is 3. The Hall–Kier alpha value is -2.60. The second-order valence-corrected chi connectivity index (χ2v) is 11.4. The molecule has 0 saturated heterocycles. The number of hydrogen-bond donors (Lipinski definition) is 3. The van der Waals surface area contributed by atoms with Gasteiger partial charge in [0, 0.05) is 48.1 Å². The number of hydrogen-bond acceptors (Lipinski definition) is 7. The lowest BCUT2D eigenvalue weighted by molar-refractivity contribution is 0.425. The number of likely N-dealkylation sites (N-methyl/N-ethyl adjacent to an activating group) is 1. The van der Waals surface area contributed by atoms with Crippen molar-refractivity contribution in [3.8, 4) is 0 Å². The van der Waals surface area contributed by atoms with E-state index in [-0.39, 0.29) is 0 Å². The largest absolute Gasteiger partial charge is 0.384 e. The molecule has 2 heterocycles. The van der Waals surface area contributed by atoms with Crippen LogP contribution in [-0.2, 0) is 4.57 Å². The smallest absolute Gasteiger partial charge is 0.133 e. The molecular formula is C22H28ClN6OP. The number of aromatic nitrogens is 2. The van der Waals surface area contributed by atoms with Crippen LogP contribution in [0.5, 0.6) is 0 Å². The fourth-order valence-corrected chi connectivity index (χ4v) is 4.27. The van der Waals surface area contributed by atoms with Crippen molar-refractivity contribution >= 4 is 52.7 Å². The van der Waals surface area contributed by atoms with Crippen molar-refractivity contribution in [1.82, 2.24) is 14.9 Å². The third-order valence-corrected chi connectivity index (χ3v) is 6.36. The van der Waals surface area contributed by atoms with Crippen molar-refractivity contribution in [3.63, 3.8) is 0 Å². The minimum absolute atomic E-state index is 0.467. The normalized spacial score (nSPS) is 11.4. The first-order valence-electron chi connectivity index (χ1n) is 9.91. The Morgan fingerprint density at radius 1 is 1.00 bits per heavy atom. The Balaban J connectivity index is 1.78. The number of benzene rings is 1. The van der Waals surface area contributed by atoms with E-state index in [1.165, 1.54) is 0 Å². The SMILES string of the molecule is CN(C)CCNc1ccnc(Nc2cc(Nc3ccccc3P(C)(C)=O)c(Cl)cn2)c1. The predicted octanol–water partition coefficient (Wildman–Crippen LogP) is 4.84. The fourth-order valence-electron chi connectivity index (χ4n) is 2.96. The average molecular weight is 459 g/mol. The second kappa shape index (κ2) is 10.1. The van der Waals surface area contributed by atoms with E-state index in [2.05, 4.69) is 30.8 Å². The van der Waals surface area contributed by atoms with E-state index in [1.807, 2.05) is 56.6 Å². The Bertz CT molecular complexity index is 1090. The molecule has 0 spiro atoms. The summed E-state index contributed by atoms with van der Waals surface area (Å²) in [4.78, 5) is 10.8. The van der Waals surface area contributed by atoms with Crippen molar-refractivity contribution in [2.45, 2.75) is 0 Å². The van der Waals surface area contributed by atoms with Crippen molar-refractivity contribution in [1.29, 1.82) is 0 Å². The van der Waals surface area contributed by atoms with E-state index in [0.717, 1.165) is 29.8 Å². The van der Waals surface area contributed by atoms with Gasteiger partial charge in [-0.25, -0.2) is 9.97 Å². The minimum Gasteiger partial charge on any atom is -0.384 e. The number of nitrogens with one attached hydrogen (secondary N) is 3. The van der Waals surface area contributed by atoms with Crippen LogP contribution in [0.25, 0.3) is 0 Å². The molecule has 7 nitrogen and oxygen atoms in total. The van der Waals surface area contributed by atoms with Gasteiger partial charge in [-0.05, 0) is 45.6 Å². The first-order valence-corrected chi connectivity index (χ1v) is 12.9. The highest BCUT2D eigenvalue weighted by atomic mass is 35.5. The first kappa shape index (κ1) is 23.1. The zero-order valence-corrected chi connectivity index (χ0v) is 19.8. The molecule has 3 N–H and O–H groups in total. The van der Waals surface area contributed by atoms with Crippen LogP contribution >= 0.6 is 18.7 Å². The molecule has 0 bridgehead atoms. The second-order valence-electron chi connectivity index (χ2n) is 7.83. The molecule has 0 aliphatic carbocycles. The topological polar surface area (TPSA) is 82.2 Å². The molecule has 0 aliphatic rings. The van der Waals surface area contributed by atoms with Crippen LogP contribution in [0.15, 0.2) is 54.9 Å². The van der Waals surface area contributed by atoms with Crippen LogP contribution in [0.2, 0.25) is 5.02 Å². The minimum atomic E-state index is -2.45. The third kappa shape index (κ3) is 6.69. The van der Waals surface area contributed by atoms with E-state index in [4.69, 9.17) is 11.6 Å².